The summed E-state index contributed by atoms with van der Waals surface area (Å²) >= 11 is 0. The van der Waals surface area contributed by atoms with Crippen molar-refractivity contribution >= 4 is 13.5 Å². The molecule has 0 amide bonds. The zero-order valence-corrected chi connectivity index (χ0v) is 14.8. The Labute approximate surface area is 136 Å². The zero-order chi connectivity index (χ0) is 15.3. The van der Waals surface area contributed by atoms with E-state index in [0.29, 0.717) is 5.54 Å². The lowest BCUT2D eigenvalue weighted by molar-refractivity contribution is 0.335. The zero-order valence-electron chi connectivity index (χ0n) is 13.8. The Morgan fingerprint density at radius 3 is 2.32 bits per heavy atom. The van der Waals surface area contributed by atoms with Gasteiger partial charge in [-0.05, 0) is 55.7 Å². The molecule has 1 N–H and O–H groups in total. The predicted octanol–water partition coefficient (Wildman–Crippen LogP) is 3.65. The number of likely N-dealkylation sites (tertiary alicyclic amines) is 1. The molecule has 1 heterocycles. The Hall–Kier alpha value is -0.643. The van der Waals surface area contributed by atoms with E-state index >= 15 is 0 Å². The van der Waals surface area contributed by atoms with E-state index in [0.717, 1.165) is 6.04 Å². The van der Waals surface area contributed by atoms with Gasteiger partial charge in [-0.2, -0.15) is 0 Å². The summed E-state index contributed by atoms with van der Waals surface area (Å²) in [7, 11) is -2.32. The summed E-state index contributed by atoms with van der Waals surface area (Å²) in [6, 6.07) is 11.7. The van der Waals surface area contributed by atoms with Crippen LogP contribution in [0.2, 0.25) is 11.6 Å². The van der Waals surface area contributed by atoms with Gasteiger partial charge in [0.1, 0.15) is 0 Å². The fourth-order valence-electron chi connectivity index (χ4n) is 4.47. The molecule has 1 aliphatic carbocycles. The summed E-state index contributed by atoms with van der Waals surface area (Å²) in [5.41, 5.74) is 0.585. The maximum atomic E-state index is 11.7. The van der Waals surface area contributed by atoms with E-state index < -0.39 is 8.32 Å². The van der Waals surface area contributed by atoms with Gasteiger partial charge in [-0.3, -0.25) is 0 Å². The summed E-state index contributed by atoms with van der Waals surface area (Å²) in [5.74, 6) is 0. The third-order valence-corrected chi connectivity index (χ3v) is 10.2. The Balaban J connectivity index is 1.67. The van der Waals surface area contributed by atoms with Crippen molar-refractivity contribution in [3.05, 3.63) is 30.3 Å². The largest absolute Gasteiger partial charge is 0.427 e. The number of hydrogen-bond donors (Lipinski definition) is 1. The van der Waals surface area contributed by atoms with Gasteiger partial charge in [-0.25, -0.2) is 0 Å². The van der Waals surface area contributed by atoms with E-state index in [-0.39, 0.29) is 0 Å². The van der Waals surface area contributed by atoms with Crippen molar-refractivity contribution in [2.75, 3.05) is 19.6 Å². The minimum atomic E-state index is -2.32. The van der Waals surface area contributed by atoms with E-state index in [9.17, 15) is 4.80 Å². The van der Waals surface area contributed by atoms with E-state index in [1.807, 2.05) is 0 Å². The summed E-state index contributed by atoms with van der Waals surface area (Å²) in [6.07, 6.45) is 10.4. The predicted molar refractivity (Wildman–Crippen MR) is 96.0 cm³/mol. The maximum Gasteiger partial charge on any atom is 0.223 e. The number of nitrogens with zero attached hydrogens (tertiary/aromatic N) is 1. The van der Waals surface area contributed by atoms with Crippen LogP contribution in [0.3, 0.4) is 0 Å². The Morgan fingerprint density at radius 2 is 1.64 bits per heavy atom. The van der Waals surface area contributed by atoms with Gasteiger partial charge >= 0.3 is 0 Å². The first-order valence-electron chi connectivity index (χ1n) is 9.29. The lowest BCUT2D eigenvalue weighted by Crippen LogP contribution is -2.53. The second-order valence-corrected chi connectivity index (χ2v) is 11.0. The van der Waals surface area contributed by atoms with Crippen LogP contribution in [0.1, 0.15) is 51.4 Å². The lowest BCUT2D eigenvalue weighted by atomic mass is 10.0. The average molecular weight is 318 g/mol. The minimum Gasteiger partial charge on any atom is -0.427 e. The minimum absolute atomic E-state index is 0.585. The molecule has 1 atom stereocenters. The molecule has 0 spiro atoms. The fourth-order valence-corrected chi connectivity index (χ4v) is 8.47. The number of benzene rings is 1. The second-order valence-electron chi connectivity index (χ2n) is 7.28. The first-order valence-corrected chi connectivity index (χ1v) is 11.5. The van der Waals surface area contributed by atoms with Crippen molar-refractivity contribution in [1.29, 1.82) is 0 Å². The fraction of sp³-hybridized carbons (Fsp3) is 0.684. The molecule has 1 aliphatic heterocycles. The topological polar surface area (TPSA) is 23.5 Å². The molecule has 2 aliphatic rings. The van der Waals surface area contributed by atoms with Gasteiger partial charge < -0.3 is 9.70 Å². The third-order valence-electron chi connectivity index (χ3n) is 5.79. The van der Waals surface area contributed by atoms with Crippen LogP contribution in [0, 0.1) is 0 Å². The summed E-state index contributed by atoms with van der Waals surface area (Å²) in [6.45, 7) is 3.73. The Morgan fingerprint density at radius 1 is 0.955 bits per heavy atom. The van der Waals surface area contributed by atoms with Gasteiger partial charge in [0.05, 0.1) is 0 Å². The summed E-state index contributed by atoms with van der Waals surface area (Å²) in [5, 5.41) is 1.28. The molecule has 1 aromatic carbocycles. The van der Waals surface area contributed by atoms with Gasteiger partial charge in [0.2, 0.25) is 8.32 Å². The monoisotopic (exact) mass is 317 g/mol. The smallest absolute Gasteiger partial charge is 0.223 e. The van der Waals surface area contributed by atoms with Gasteiger partial charge in [0.15, 0.2) is 0 Å². The van der Waals surface area contributed by atoms with Gasteiger partial charge in [-0.1, -0.05) is 62.4 Å². The van der Waals surface area contributed by atoms with Crippen molar-refractivity contribution in [2.24, 2.45) is 0 Å². The number of rotatable bonds is 6. The molecule has 2 nitrogen and oxygen atoms in total. The number of hydrogen-bond acceptors (Lipinski definition) is 2. The van der Waals surface area contributed by atoms with Crippen molar-refractivity contribution in [1.82, 2.24) is 4.90 Å². The highest BCUT2D eigenvalue weighted by atomic mass is 28.4. The SMILES string of the molecule is O[Si@](CCCN1CCCC1)(c1ccccc1)C1CCCCC1. The second kappa shape index (κ2) is 7.76. The lowest BCUT2D eigenvalue weighted by Gasteiger charge is -2.37. The van der Waals surface area contributed by atoms with E-state index in [1.165, 1.54) is 76.2 Å². The van der Waals surface area contributed by atoms with Crippen LogP contribution >= 0.6 is 0 Å². The van der Waals surface area contributed by atoms with Crippen LogP contribution in [-0.4, -0.2) is 37.6 Å². The highest BCUT2D eigenvalue weighted by Crippen LogP contribution is 2.38. The molecule has 0 aromatic heterocycles. The molecule has 1 saturated carbocycles. The molecule has 3 rings (SSSR count). The summed E-state index contributed by atoms with van der Waals surface area (Å²) in [4.78, 5) is 14.3. The average Bonchev–Trinajstić information content (AvgIpc) is 3.10. The van der Waals surface area contributed by atoms with E-state index in [1.54, 1.807) is 0 Å². The molecule has 1 saturated heterocycles. The molecule has 0 bridgehead atoms. The van der Waals surface area contributed by atoms with E-state index in [4.69, 9.17) is 0 Å². The first-order chi connectivity index (χ1) is 10.8. The molecule has 3 heteroatoms. The van der Waals surface area contributed by atoms with E-state index in [2.05, 4.69) is 35.2 Å². The molecular weight excluding hydrogens is 286 g/mol. The van der Waals surface area contributed by atoms with Crippen LogP contribution in [0.5, 0.6) is 0 Å². The first kappa shape index (κ1) is 16.2. The molecular formula is C19H31NOSi. The Kier molecular flexibility index (Phi) is 5.72. The molecule has 0 radical (unpaired) electrons. The maximum absolute atomic E-state index is 11.7. The molecule has 1 aromatic rings. The van der Waals surface area contributed by atoms with Crippen molar-refractivity contribution in [3.8, 4) is 0 Å². The standard InChI is InChI=1S/C19H31NOSi/c21-22(18-10-3-1-4-11-18,19-12-5-2-6-13-19)17-9-16-20-14-7-8-15-20/h1,3-4,10-11,19,21H,2,5-9,12-17H2/t22-/m1/s1. The quantitative estimate of drug-likeness (QED) is 0.810. The van der Waals surface area contributed by atoms with Crippen LogP contribution in [0.4, 0.5) is 0 Å². The van der Waals surface area contributed by atoms with Gasteiger partial charge in [0.25, 0.3) is 0 Å². The van der Waals surface area contributed by atoms with Crippen molar-refractivity contribution in [2.45, 2.75) is 63.0 Å². The van der Waals surface area contributed by atoms with Crippen LogP contribution in [0.25, 0.3) is 0 Å². The third kappa shape index (κ3) is 3.81. The van der Waals surface area contributed by atoms with Gasteiger partial charge in [-0.15, -0.1) is 0 Å². The van der Waals surface area contributed by atoms with Crippen LogP contribution in [0.15, 0.2) is 30.3 Å². The molecule has 22 heavy (non-hydrogen) atoms. The summed E-state index contributed by atoms with van der Waals surface area (Å²) < 4.78 is 0. The molecule has 122 valence electrons. The molecule has 0 unspecified atom stereocenters. The highest BCUT2D eigenvalue weighted by Gasteiger charge is 2.41. The highest BCUT2D eigenvalue weighted by molar-refractivity contribution is 6.86. The van der Waals surface area contributed by atoms with Crippen LogP contribution in [-0.2, 0) is 0 Å². The van der Waals surface area contributed by atoms with Crippen LogP contribution < -0.4 is 5.19 Å². The molecule has 2 fully saturated rings. The van der Waals surface area contributed by atoms with Crippen molar-refractivity contribution in [3.63, 3.8) is 0 Å². The normalized spacial score (nSPS) is 23.5. The van der Waals surface area contributed by atoms with Gasteiger partial charge in [0, 0.05) is 0 Å². The van der Waals surface area contributed by atoms with Crippen molar-refractivity contribution < 1.29 is 4.80 Å². The Bertz CT molecular complexity index is 440.